The Balaban J connectivity index is 2.27. The molecule has 0 amide bonds. The van der Waals surface area contributed by atoms with Crippen molar-refractivity contribution in [3.8, 4) is 0 Å². The standard InChI is InChI=1S/C11H18N4O2/c1-11(2)7-15(6-8(5-12)17-11)9-10(16)14-4-3-13-9/h3-4,8H,5-7,12H2,1-2H3,(H,14,16). The van der Waals surface area contributed by atoms with Crippen LogP contribution in [0.2, 0.25) is 0 Å². The normalized spacial score (nSPS) is 23.7. The Kier molecular flexibility index (Phi) is 3.17. The summed E-state index contributed by atoms with van der Waals surface area (Å²) in [5.41, 5.74) is 5.14. The van der Waals surface area contributed by atoms with Crippen molar-refractivity contribution in [3.05, 3.63) is 22.7 Å². The number of nitrogens with one attached hydrogen (secondary N) is 1. The summed E-state index contributed by atoms with van der Waals surface area (Å²) in [4.78, 5) is 20.4. The monoisotopic (exact) mass is 238 g/mol. The molecule has 2 heterocycles. The molecule has 2 rings (SSSR count). The van der Waals surface area contributed by atoms with Gasteiger partial charge in [0.05, 0.1) is 11.7 Å². The first-order valence-corrected chi connectivity index (χ1v) is 5.68. The highest BCUT2D eigenvalue weighted by molar-refractivity contribution is 5.36. The zero-order valence-corrected chi connectivity index (χ0v) is 10.1. The van der Waals surface area contributed by atoms with Crippen molar-refractivity contribution in [2.24, 2.45) is 5.73 Å². The number of anilines is 1. The molecule has 1 atom stereocenters. The van der Waals surface area contributed by atoms with E-state index >= 15 is 0 Å². The number of aromatic amines is 1. The Morgan fingerprint density at radius 2 is 2.47 bits per heavy atom. The van der Waals surface area contributed by atoms with E-state index in [4.69, 9.17) is 10.5 Å². The second-order valence-electron chi connectivity index (χ2n) is 4.86. The molecule has 0 spiro atoms. The molecule has 1 aromatic rings. The molecule has 1 aliphatic heterocycles. The molecule has 6 heteroatoms. The maximum Gasteiger partial charge on any atom is 0.290 e. The first-order valence-electron chi connectivity index (χ1n) is 5.68. The molecule has 1 aromatic heterocycles. The summed E-state index contributed by atoms with van der Waals surface area (Å²) in [6.07, 6.45) is 3.04. The molecule has 0 bridgehead atoms. The zero-order valence-electron chi connectivity index (χ0n) is 10.1. The summed E-state index contributed by atoms with van der Waals surface area (Å²) >= 11 is 0. The highest BCUT2D eigenvalue weighted by atomic mass is 16.5. The lowest BCUT2D eigenvalue weighted by atomic mass is 10.1. The van der Waals surface area contributed by atoms with E-state index in [1.54, 1.807) is 6.20 Å². The number of rotatable bonds is 2. The molecule has 17 heavy (non-hydrogen) atoms. The lowest BCUT2D eigenvalue weighted by molar-refractivity contribution is -0.0790. The van der Waals surface area contributed by atoms with Gasteiger partial charge in [0.25, 0.3) is 5.56 Å². The van der Waals surface area contributed by atoms with Crippen LogP contribution in [0, 0.1) is 0 Å². The molecule has 1 unspecified atom stereocenters. The minimum atomic E-state index is -0.327. The topological polar surface area (TPSA) is 84.2 Å². The van der Waals surface area contributed by atoms with Gasteiger partial charge in [0.1, 0.15) is 0 Å². The molecule has 94 valence electrons. The van der Waals surface area contributed by atoms with Gasteiger partial charge in [-0.1, -0.05) is 0 Å². The van der Waals surface area contributed by atoms with Crippen molar-refractivity contribution in [1.29, 1.82) is 0 Å². The van der Waals surface area contributed by atoms with Gasteiger partial charge in [0, 0.05) is 32.0 Å². The van der Waals surface area contributed by atoms with E-state index in [0.717, 1.165) is 0 Å². The number of H-pyrrole nitrogens is 1. The van der Waals surface area contributed by atoms with E-state index in [9.17, 15) is 4.79 Å². The third-order valence-electron chi connectivity index (χ3n) is 2.73. The van der Waals surface area contributed by atoms with E-state index < -0.39 is 0 Å². The lowest BCUT2D eigenvalue weighted by Crippen LogP contribution is -2.56. The second kappa shape index (κ2) is 4.46. The number of morpholine rings is 1. The smallest absolute Gasteiger partial charge is 0.290 e. The van der Waals surface area contributed by atoms with Crippen LogP contribution in [0.25, 0.3) is 0 Å². The van der Waals surface area contributed by atoms with Crippen LogP contribution >= 0.6 is 0 Å². The maximum atomic E-state index is 11.7. The fourth-order valence-corrected chi connectivity index (χ4v) is 2.15. The number of nitrogens with two attached hydrogens (primary N) is 1. The van der Waals surface area contributed by atoms with Crippen LogP contribution in [0.1, 0.15) is 13.8 Å². The molecular weight excluding hydrogens is 220 g/mol. The van der Waals surface area contributed by atoms with Gasteiger partial charge in [-0.3, -0.25) is 4.79 Å². The average molecular weight is 238 g/mol. The predicted molar refractivity (Wildman–Crippen MR) is 65.1 cm³/mol. The first-order chi connectivity index (χ1) is 8.02. The summed E-state index contributed by atoms with van der Waals surface area (Å²) in [5.74, 6) is 0.433. The van der Waals surface area contributed by atoms with Gasteiger partial charge >= 0.3 is 0 Å². The highest BCUT2D eigenvalue weighted by Crippen LogP contribution is 2.22. The van der Waals surface area contributed by atoms with Crippen molar-refractivity contribution in [2.75, 3.05) is 24.5 Å². The minimum Gasteiger partial charge on any atom is -0.367 e. The SMILES string of the molecule is CC1(C)CN(c2ncc[nH]c2=O)CC(CN)O1. The third-order valence-corrected chi connectivity index (χ3v) is 2.73. The van der Waals surface area contributed by atoms with Crippen molar-refractivity contribution >= 4 is 5.82 Å². The predicted octanol–water partition coefficient (Wildman–Crippen LogP) is -0.288. The van der Waals surface area contributed by atoms with Gasteiger partial charge in [0.15, 0.2) is 5.82 Å². The van der Waals surface area contributed by atoms with Crippen molar-refractivity contribution in [2.45, 2.75) is 25.6 Å². The molecule has 1 fully saturated rings. The van der Waals surface area contributed by atoms with Crippen LogP contribution in [0.15, 0.2) is 17.2 Å². The van der Waals surface area contributed by atoms with E-state index in [2.05, 4.69) is 9.97 Å². The van der Waals surface area contributed by atoms with E-state index in [1.807, 2.05) is 18.7 Å². The van der Waals surface area contributed by atoms with Crippen molar-refractivity contribution in [3.63, 3.8) is 0 Å². The third kappa shape index (κ3) is 2.65. The number of hydrogen-bond acceptors (Lipinski definition) is 5. The molecule has 1 saturated heterocycles. The fourth-order valence-electron chi connectivity index (χ4n) is 2.15. The summed E-state index contributed by atoms with van der Waals surface area (Å²) < 4.78 is 5.81. The second-order valence-corrected chi connectivity index (χ2v) is 4.86. The van der Waals surface area contributed by atoms with Gasteiger partial charge < -0.3 is 20.4 Å². The molecule has 1 aliphatic rings. The summed E-state index contributed by atoms with van der Waals surface area (Å²) in [6.45, 7) is 5.63. The van der Waals surface area contributed by atoms with Gasteiger partial charge in [-0.15, -0.1) is 0 Å². The maximum absolute atomic E-state index is 11.7. The summed E-state index contributed by atoms with van der Waals surface area (Å²) in [7, 11) is 0. The summed E-state index contributed by atoms with van der Waals surface area (Å²) in [6, 6.07) is 0. The molecule has 6 nitrogen and oxygen atoms in total. The molecular formula is C11H18N4O2. The van der Waals surface area contributed by atoms with E-state index in [0.29, 0.717) is 25.5 Å². The molecule has 3 N–H and O–H groups in total. The number of hydrogen-bond donors (Lipinski definition) is 2. The Bertz CT molecular complexity index is 443. The Morgan fingerprint density at radius 1 is 1.71 bits per heavy atom. The van der Waals surface area contributed by atoms with Crippen molar-refractivity contribution in [1.82, 2.24) is 9.97 Å². The highest BCUT2D eigenvalue weighted by Gasteiger charge is 2.34. The fraction of sp³-hybridized carbons (Fsp3) is 0.636. The minimum absolute atomic E-state index is 0.0693. The summed E-state index contributed by atoms with van der Waals surface area (Å²) in [5, 5.41) is 0. The molecule has 0 radical (unpaired) electrons. The Hall–Kier alpha value is -1.40. The van der Waals surface area contributed by atoms with Crippen LogP contribution in [0.3, 0.4) is 0 Å². The van der Waals surface area contributed by atoms with Crippen molar-refractivity contribution < 1.29 is 4.74 Å². The quantitative estimate of drug-likeness (QED) is 0.740. The lowest BCUT2D eigenvalue weighted by Gasteiger charge is -2.42. The van der Waals surface area contributed by atoms with Crippen LogP contribution in [0.5, 0.6) is 0 Å². The molecule has 0 saturated carbocycles. The largest absolute Gasteiger partial charge is 0.367 e. The first kappa shape index (κ1) is 12.1. The van der Waals surface area contributed by atoms with Crippen LogP contribution in [0.4, 0.5) is 5.82 Å². The molecule has 0 aliphatic carbocycles. The average Bonchev–Trinajstić information content (AvgIpc) is 2.27. The van der Waals surface area contributed by atoms with Crippen LogP contribution in [-0.4, -0.2) is 41.3 Å². The van der Waals surface area contributed by atoms with Crippen LogP contribution in [-0.2, 0) is 4.74 Å². The Labute approximate surface area is 99.8 Å². The number of aromatic nitrogens is 2. The zero-order chi connectivity index (χ0) is 12.5. The van der Waals surface area contributed by atoms with E-state index in [1.165, 1.54) is 6.20 Å². The van der Waals surface area contributed by atoms with E-state index in [-0.39, 0.29) is 17.3 Å². The van der Waals surface area contributed by atoms with Gasteiger partial charge in [-0.05, 0) is 13.8 Å². The van der Waals surface area contributed by atoms with Gasteiger partial charge in [-0.25, -0.2) is 4.98 Å². The van der Waals surface area contributed by atoms with Gasteiger partial charge in [-0.2, -0.15) is 0 Å². The Morgan fingerprint density at radius 3 is 3.12 bits per heavy atom. The number of ether oxygens (including phenoxy) is 1. The molecule has 0 aromatic carbocycles. The number of nitrogens with zero attached hydrogens (tertiary/aromatic N) is 2. The van der Waals surface area contributed by atoms with Crippen LogP contribution < -0.4 is 16.2 Å². The van der Waals surface area contributed by atoms with Gasteiger partial charge in [0.2, 0.25) is 0 Å².